The molecule has 89 valence electrons. The van der Waals surface area contributed by atoms with Crippen LogP contribution in [0.4, 0.5) is 0 Å². The highest BCUT2D eigenvalue weighted by Gasteiger charge is 2.11. The van der Waals surface area contributed by atoms with Crippen molar-refractivity contribution in [3.05, 3.63) is 42.3 Å². The topological polar surface area (TPSA) is 9.23 Å². The molecule has 0 spiro atoms. The molecular weight excluding hydrogens is 196 g/mol. The third-order valence-corrected chi connectivity index (χ3v) is 3.02. The summed E-state index contributed by atoms with van der Waals surface area (Å²) < 4.78 is 5.14. The highest BCUT2D eigenvalue weighted by Crippen LogP contribution is 2.25. The maximum absolute atomic E-state index is 5.14. The summed E-state index contributed by atoms with van der Waals surface area (Å²) in [6, 6.07) is 10.8. The second-order valence-corrected chi connectivity index (χ2v) is 4.42. The van der Waals surface area contributed by atoms with Gasteiger partial charge < -0.3 is 4.74 Å². The predicted octanol–water partition coefficient (Wildman–Crippen LogP) is 4.06. The Hall–Kier alpha value is -0.820. The van der Waals surface area contributed by atoms with Gasteiger partial charge >= 0.3 is 0 Å². The molecule has 0 bridgehead atoms. The van der Waals surface area contributed by atoms with Gasteiger partial charge in [-0.05, 0) is 36.7 Å². The van der Waals surface area contributed by atoms with Gasteiger partial charge in [0.05, 0.1) is 0 Å². The number of benzene rings is 1. The zero-order chi connectivity index (χ0) is 11.8. The van der Waals surface area contributed by atoms with E-state index in [9.17, 15) is 0 Å². The standard InChI is InChI=1S/C15H23O/c1-4-14(11-10-13(2)12-16-3)15-8-6-5-7-9-15/h5-10,13-14H,4,11-12H2,1-3H3. The molecule has 0 N–H and O–H groups in total. The Morgan fingerprint density at radius 2 is 1.94 bits per heavy atom. The summed E-state index contributed by atoms with van der Waals surface area (Å²) >= 11 is 0. The fraction of sp³-hybridized carbons (Fsp3) is 0.533. The summed E-state index contributed by atoms with van der Waals surface area (Å²) in [6.45, 7) is 5.29. The molecule has 2 atom stereocenters. The highest BCUT2D eigenvalue weighted by molar-refractivity contribution is 5.19. The van der Waals surface area contributed by atoms with E-state index in [1.165, 1.54) is 12.0 Å². The quantitative estimate of drug-likeness (QED) is 0.672. The Bertz CT molecular complexity index is 268. The summed E-state index contributed by atoms with van der Waals surface area (Å²) in [5.41, 5.74) is 1.45. The average molecular weight is 219 g/mol. The molecule has 0 amide bonds. The molecule has 0 saturated carbocycles. The molecule has 1 rings (SSSR count). The zero-order valence-electron chi connectivity index (χ0n) is 10.6. The summed E-state index contributed by atoms with van der Waals surface area (Å²) in [6.07, 6.45) is 4.72. The monoisotopic (exact) mass is 219 g/mol. The second-order valence-electron chi connectivity index (χ2n) is 4.42. The molecule has 0 fully saturated rings. The molecule has 2 unspecified atom stereocenters. The molecule has 0 aliphatic heterocycles. The molecule has 1 heteroatoms. The third-order valence-electron chi connectivity index (χ3n) is 3.02. The zero-order valence-corrected chi connectivity index (χ0v) is 10.6. The molecule has 1 nitrogen and oxygen atoms in total. The van der Waals surface area contributed by atoms with E-state index in [-0.39, 0.29) is 0 Å². The van der Waals surface area contributed by atoms with Crippen molar-refractivity contribution in [3.8, 4) is 0 Å². The van der Waals surface area contributed by atoms with Crippen LogP contribution >= 0.6 is 0 Å². The van der Waals surface area contributed by atoms with E-state index in [0.29, 0.717) is 11.8 Å². The molecule has 1 radical (unpaired) electrons. The molecule has 0 aliphatic carbocycles. The van der Waals surface area contributed by atoms with Crippen molar-refractivity contribution >= 4 is 0 Å². The Labute approximate surface area is 99.8 Å². The van der Waals surface area contributed by atoms with Gasteiger partial charge in [-0.25, -0.2) is 0 Å². The van der Waals surface area contributed by atoms with Crippen LogP contribution in [-0.4, -0.2) is 13.7 Å². The molecule has 1 aromatic rings. The van der Waals surface area contributed by atoms with Crippen LogP contribution in [0.2, 0.25) is 0 Å². The van der Waals surface area contributed by atoms with Crippen LogP contribution in [0.5, 0.6) is 0 Å². The lowest BCUT2D eigenvalue weighted by Gasteiger charge is -2.17. The minimum Gasteiger partial charge on any atom is -0.384 e. The molecule has 0 aliphatic rings. The van der Waals surface area contributed by atoms with Gasteiger partial charge in [0, 0.05) is 13.7 Å². The molecule has 16 heavy (non-hydrogen) atoms. The van der Waals surface area contributed by atoms with Crippen LogP contribution in [-0.2, 0) is 4.74 Å². The lowest BCUT2D eigenvalue weighted by molar-refractivity contribution is 0.169. The van der Waals surface area contributed by atoms with E-state index in [4.69, 9.17) is 4.74 Å². The van der Waals surface area contributed by atoms with Gasteiger partial charge in [0.25, 0.3) is 0 Å². The van der Waals surface area contributed by atoms with E-state index in [0.717, 1.165) is 13.0 Å². The van der Waals surface area contributed by atoms with Crippen LogP contribution in [0.25, 0.3) is 0 Å². The highest BCUT2D eigenvalue weighted by atomic mass is 16.5. The molecule has 1 aromatic carbocycles. The third kappa shape index (κ3) is 4.36. The van der Waals surface area contributed by atoms with Crippen LogP contribution in [0, 0.1) is 12.3 Å². The Kier molecular flexibility index (Phi) is 6.17. The number of hydrogen-bond donors (Lipinski definition) is 0. The SMILES string of the molecule is CCC(C[CH]C(C)COC)c1ccccc1. The van der Waals surface area contributed by atoms with Gasteiger partial charge in [0.1, 0.15) is 0 Å². The van der Waals surface area contributed by atoms with Crippen LogP contribution in [0.15, 0.2) is 30.3 Å². The van der Waals surface area contributed by atoms with Crippen molar-refractivity contribution in [3.63, 3.8) is 0 Å². The molecular formula is C15H23O. The largest absolute Gasteiger partial charge is 0.384 e. The predicted molar refractivity (Wildman–Crippen MR) is 69.4 cm³/mol. The van der Waals surface area contributed by atoms with Crippen molar-refractivity contribution in [2.24, 2.45) is 5.92 Å². The van der Waals surface area contributed by atoms with Crippen molar-refractivity contribution in [1.82, 2.24) is 0 Å². The van der Waals surface area contributed by atoms with Crippen molar-refractivity contribution in [1.29, 1.82) is 0 Å². The van der Waals surface area contributed by atoms with Gasteiger partial charge in [-0.3, -0.25) is 0 Å². The van der Waals surface area contributed by atoms with Gasteiger partial charge in [-0.15, -0.1) is 0 Å². The average Bonchev–Trinajstić information content (AvgIpc) is 2.31. The van der Waals surface area contributed by atoms with Gasteiger partial charge in [0.15, 0.2) is 0 Å². The number of hydrogen-bond acceptors (Lipinski definition) is 1. The van der Waals surface area contributed by atoms with Crippen molar-refractivity contribution in [2.75, 3.05) is 13.7 Å². The minimum atomic E-state index is 0.544. The van der Waals surface area contributed by atoms with Crippen LogP contribution < -0.4 is 0 Å². The summed E-state index contributed by atoms with van der Waals surface area (Å²) in [5.74, 6) is 1.20. The Balaban J connectivity index is 2.44. The first-order valence-electron chi connectivity index (χ1n) is 6.15. The Morgan fingerprint density at radius 1 is 1.25 bits per heavy atom. The van der Waals surface area contributed by atoms with E-state index < -0.39 is 0 Å². The van der Waals surface area contributed by atoms with Crippen molar-refractivity contribution < 1.29 is 4.74 Å². The molecule has 0 saturated heterocycles. The Morgan fingerprint density at radius 3 is 2.50 bits per heavy atom. The normalized spacial score (nSPS) is 14.7. The maximum Gasteiger partial charge on any atom is 0.0490 e. The van der Waals surface area contributed by atoms with Crippen molar-refractivity contribution in [2.45, 2.75) is 32.6 Å². The van der Waals surface area contributed by atoms with E-state index in [2.05, 4.69) is 50.6 Å². The lowest BCUT2D eigenvalue weighted by atomic mass is 9.89. The fourth-order valence-corrected chi connectivity index (χ4v) is 1.99. The second kappa shape index (κ2) is 7.45. The number of methoxy groups -OCH3 is 1. The van der Waals surface area contributed by atoms with Crippen LogP contribution in [0.1, 0.15) is 38.2 Å². The first-order valence-corrected chi connectivity index (χ1v) is 6.15. The summed E-state index contributed by atoms with van der Waals surface area (Å²) in [4.78, 5) is 0. The lowest BCUT2D eigenvalue weighted by Crippen LogP contribution is -2.07. The molecule has 0 aromatic heterocycles. The summed E-state index contributed by atoms with van der Waals surface area (Å²) in [7, 11) is 1.76. The van der Waals surface area contributed by atoms with Gasteiger partial charge in [-0.2, -0.15) is 0 Å². The number of rotatable bonds is 7. The summed E-state index contributed by atoms with van der Waals surface area (Å²) in [5, 5.41) is 0. The molecule has 0 heterocycles. The van der Waals surface area contributed by atoms with Gasteiger partial charge in [0.2, 0.25) is 0 Å². The smallest absolute Gasteiger partial charge is 0.0490 e. The first-order chi connectivity index (χ1) is 7.77. The van der Waals surface area contributed by atoms with E-state index in [1.807, 2.05) is 0 Å². The van der Waals surface area contributed by atoms with Gasteiger partial charge in [-0.1, -0.05) is 44.2 Å². The maximum atomic E-state index is 5.14. The van der Waals surface area contributed by atoms with E-state index >= 15 is 0 Å². The first kappa shape index (κ1) is 13.2. The number of ether oxygens (including phenoxy) is 1. The van der Waals surface area contributed by atoms with E-state index in [1.54, 1.807) is 7.11 Å². The fourth-order valence-electron chi connectivity index (χ4n) is 1.99. The van der Waals surface area contributed by atoms with Crippen LogP contribution in [0.3, 0.4) is 0 Å². The minimum absolute atomic E-state index is 0.544.